The number of fused-ring (bicyclic) bond motifs is 1. The highest BCUT2D eigenvalue weighted by molar-refractivity contribution is 5.86. The first-order valence-electron chi connectivity index (χ1n) is 13.2. The summed E-state index contributed by atoms with van der Waals surface area (Å²) in [5.41, 5.74) is 4.29. The Bertz CT molecular complexity index is 1510. The van der Waals surface area contributed by atoms with E-state index >= 15 is 0 Å². The van der Waals surface area contributed by atoms with Gasteiger partial charge in [-0.15, -0.1) is 0 Å². The zero-order valence-electron chi connectivity index (χ0n) is 21.6. The Morgan fingerprint density at radius 1 is 0.919 bits per heavy atom. The van der Waals surface area contributed by atoms with Gasteiger partial charge in [-0.3, -0.25) is 0 Å². The van der Waals surface area contributed by atoms with Crippen LogP contribution in [-0.4, -0.2) is 21.2 Å². The van der Waals surface area contributed by atoms with Crippen LogP contribution in [0.5, 0.6) is 0 Å². The molecule has 6 heteroatoms. The number of aryl methyl sites for hydroxylation is 2. The number of oxazole rings is 1. The lowest BCUT2D eigenvalue weighted by Crippen LogP contribution is -2.35. The van der Waals surface area contributed by atoms with Gasteiger partial charge in [0.2, 0.25) is 5.82 Å². The molecule has 5 aromatic rings. The van der Waals surface area contributed by atoms with Crippen LogP contribution in [0.2, 0.25) is 0 Å². The van der Waals surface area contributed by atoms with Crippen LogP contribution >= 0.6 is 0 Å². The lowest BCUT2D eigenvalue weighted by atomic mass is 9.80. The summed E-state index contributed by atoms with van der Waals surface area (Å²) in [4.78, 5) is 8.91. The van der Waals surface area contributed by atoms with E-state index < -0.39 is 0 Å². The highest BCUT2D eigenvalue weighted by Gasteiger charge is 2.25. The normalized spacial score (nSPS) is 18.8. The first-order chi connectivity index (χ1) is 18.0. The molecule has 1 aliphatic carbocycles. The zero-order valence-corrected chi connectivity index (χ0v) is 21.6. The fourth-order valence-corrected chi connectivity index (χ4v) is 5.78. The Hall–Kier alpha value is -3.77. The van der Waals surface area contributed by atoms with Crippen molar-refractivity contribution in [3.63, 3.8) is 0 Å². The first kappa shape index (κ1) is 23.6. The Morgan fingerprint density at radius 2 is 1.73 bits per heavy atom. The lowest BCUT2D eigenvalue weighted by molar-refractivity contribution is 0.319. The summed E-state index contributed by atoms with van der Waals surface area (Å²) in [6.07, 6.45) is 4.82. The minimum Gasteiger partial charge on any atom is -0.445 e. The molecule has 0 radical (unpaired) electrons. The molecule has 188 valence electrons. The minimum absolute atomic E-state index is 0.307. The summed E-state index contributed by atoms with van der Waals surface area (Å²) in [7, 11) is 0. The highest BCUT2D eigenvalue weighted by Crippen LogP contribution is 2.35. The molecule has 1 fully saturated rings. The van der Waals surface area contributed by atoms with Gasteiger partial charge in [0.15, 0.2) is 11.6 Å². The summed E-state index contributed by atoms with van der Waals surface area (Å²) in [6, 6.07) is 24.7. The quantitative estimate of drug-likeness (QED) is 0.264. The van der Waals surface area contributed by atoms with Gasteiger partial charge in [0.05, 0.1) is 0 Å². The van der Waals surface area contributed by atoms with Crippen molar-refractivity contribution in [1.82, 2.24) is 20.4 Å². The van der Waals surface area contributed by atoms with Gasteiger partial charge in [-0.25, -0.2) is 4.98 Å². The largest absolute Gasteiger partial charge is 0.445 e. The second kappa shape index (κ2) is 9.94. The van der Waals surface area contributed by atoms with Crippen LogP contribution in [0, 0.1) is 13.8 Å². The van der Waals surface area contributed by atoms with Crippen LogP contribution in [0.15, 0.2) is 75.7 Å². The van der Waals surface area contributed by atoms with Crippen LogP contribution in [0.25, 0.3) is 33.7 Å². The van der Waals surface area contributed by atoms with Crippen molar-refractivity contribution in [2.24, 2.45) is 0 Å². The Balaban J connectivity index is 1.14. The van der Waals surface area contributed by atoms with Crippen molar-refractivity contribution < 1.29 is 8.94 Å². The Morgan fingerprint density at radius 3 is 2.54 bits per heavy atom. The molecule has 1 saturated carbocycles. The molecule has 1 N–H and O–H groups in total. The number of nitrogens with zero attached hydrogens (tertiary/aromatic N) is 3. The topological polar surface area (TPSA) is 77.0 Å². The van der Waals surface area contributed by atoms with Gasteiger partial charge in [0.25, 0.3) is 5.89 Å². The number of hydrogen-bond acceptors (Lipinski definition) is 6. The van der Waals surface area contributed by atoms with Crippen LogP contribution in [-0.2, 0) is 0 Å². The average molecular weight is 493 g/mol. The number of hydrogen-bond donors (Lipinski definition) is 1. The van der Waals surface area contributed by atoms with Crippen LogP contribution in [0.1, 0.15) is 67.3 Å². The van der Waals surface area contributed by atoms with E-state index in [1.54, 1.807) is 0 Å². The maximum atomic E-state index is 5.50. The second-order valence-corrected chi connectivity index (χ2v) is 10.2. The molecule has 2 heterocycles. The van der Waals surface area contributed by atoms with Crippen LogP contribution in [0.3, 0.4) is 0 Å². The monoisotopic (exact) mass is 492 g/mol. The van der Waals surface area contributed by atoms with Gasteiger partial charge >= 0.3 is 0 Å². The molecule has 6 rings (SSSR count). The minimum atomic E-state index is 0.307. The van der Waals surface area contributed by atoms with Gasteiger partial charge in [-0.2, -0.15) is 4.98 Å². The molecule has 0 bridgehead atoms. The molecule has 0 saturated heterocycles. The smallest absolute Gasteiger partial charge is 0.280 e. The molecular formula is C31H32N4O2. The molecule has 2 aromatic heterocycles. The molecule has 2 unspecified atom stereocenters. The maximum Gasteiger partial charge on any atom is 0.280 e. The van der Waals surface area contributed by atoms with E-state index in [2.05, 4.69) is 94.1 Å². The summed E-state index contributed by atoms with van der Waals surface area (Å²) >= 11 is 0. The molecule has 0 aliphatic heterocycles. The van der Waals surface area contributed by atoms with E-state index in [1.165, 1.54) is 41.2 Å². The third kappa shape index (κ3) is 4.81. The average Bonchev–Trinajstić information content (AvgIpc) is 3.54. The maximum absolute atomic E-state index is 5.50. The van der Waals surface area contributed by atoms with Crippen LogP contribution < -0.4 is 5.32 Å². The molecule has 6 nitrogen and oxygen atoms in total. The van der Waals surface area contributed by atoms with E-state index in [1.807, 2.05) is 13.8 Å². The summed E-state index contributed by atoms with van der Waals surface area (Å²) in [6.45, 7) is 5.95. The SMILES string of the molecule is Cc1nc(-c2nc(-c3ccc(C4CCCC(N[C@H](C)c5cccc6ccccc56)C4)cc3)no2)c(C)o1. The third-order valence-corrected chi connectivity index (χ3v) is 7.62. The van der Waals surface area contributed by atoms with Crippen molar-refractivity contribution in [1.29, 1.82) is 0 Å². The Kier molecular flexibility index (Phi) is 6.35. The van der Waals surface area contributed by atoms with Gasteiger partial charge in [-0.05, 0) is 60.9 Å². The van der Waals surface area contributed by atoms with E-state index in [4.69, 9.17) is 8.94 Å². The predicted octanol–water partition coefficient (Wildman–Crippen LogP) is 7.54. The summed E-state index contributed by atoms with van der Waals surface area (Å²) in [5, 5.41) is 10.8. The van der Waals surface area contributed by atoms with Gasteiger partial charge < -0.3 is 14.3 Å². The number of rotatable bonds is 6. The molecule has 37 heavy (non-hydrogen) atoms. The van der Waals surface area contributed by atoms with Gasteiger partial charge in [0.1, 0.15) is 5.76 Å². The van der Waals surface area contributed by atoms with Crippen LogP contribution in [0.4, 0.5) is 0 Å². The fourth-order valence-electron chi connectivity index (χ4n) is 5.78. The number of aromatic nitrogens is 3. The molecule has 3 atom stereocenters. The third-order valence-electron chi connectivity index (χ3n) is 7.62. The van der Waals surface area contributed by atoms with Gasteiger partial charge in [0, 0.05) is 24.6 Å². The van der Waals surface area contributed by atoms with Crippen molar-refractivity contribution in [3.8, 4) is 23.0 Å². The standard InChI is InChI=1S/C31H32N4O2/c1-19(27-13-7-9-23-8-4-5-12-28(23)27)32-26-11-6-10-25(18-26)22-14-16-24(17-15-22)30-34-31(37-35-30)29-20(2)36-21(3)33-29/h4-5,7-9,12-17,19,25-26,32H,6,10-11,18H2,1-3H3/t19-,25?,26?/m1/s1. The molecule has 1 aliphatic rings. The second-order valence-electron chi connectivity index (χ2n) is 10.2. The zero-order chi connectivity index (χ0) is 25.4. The molecular weight excluding hydrogens is 460 g/mol. The highest BCUT2D eigenvalue weighted by atomic mass is 16.5. The predicted molar refractivity (Wildman–Crippen MR) is 145 cm³/mol. The number of nitrogens with one attached hydrogen (secondary N) is 1. The molecule has 0 spiro atoms. The molecule has 0 amide bonds. The van der Waals surface area contributed by atoms with E-state index in [0.29, 0.717) is 47.1 Å². The Labute approximate surface area is 217 Å². The summed E-state index contributed by atoms with van der Waals surface area (Å²) in [5.74, 6) is 2.76. The van der Waals surface area contributed by atoms with E-state index in [-0.39, 0.29) is 0 Å². The first-order valence-corrected chi connectivity index (χ1v) is 13.2. The van der Waals surface area contributed by atoms with E-state index in [0.717, 1.165) is 12.0 Å². The summed E-state index contributed by atoms with van der Waals surface area (Å²) < 4.78 is 11.0. The van der Waals surface area contributed by atoms with Crippen molar-refractivity contribution in [3.05, 3.63) is 89.5 Å². The van der Waals surface area contributed by atoms with Crippen molar-refractivity contribution >= 4 is 10.8 Å². The lowest BCUT2D eigenvalue weighted by Gasteiger charge is -2.32. The van der Waals surface area contributed by atoms with E-state index in [9.17, 15) is 0 Å². The molecule has 3 aromatic carbocycles. The van der Waals surface area contributed by atoms with Crippen molar-refractivity contribution in [2.45, 2.75) is 64.5 Å². The number of benzene rings is 3. The van der Waals surface area contributed by atoms with Gasteiger partial charge in [-0.1, -0.05) is 78.3 Å². The fraction of sp³-hybridized carbons (Fsp3) is 0.323. The van der Waals surface area contributed by atoms with Crippen molar-refractivity contribution in [2.75, 3.05) is 0 Å².